The third kappa shape index (κ3) is 4.26. The van der Waals surface area contributed by atoms with Crippen molar-refractivity contribution in [1.82, 2.24) is 4.90 Å². The second kappa shape index (κ2) is 8.10. The summed E-state index contributed by atoms with van der Waals surface area (Å²) in [5.41, 5.74) is 6.36. The summed E-state index contributed by atoms with van der Waals surface area (Å²) in [6, 6.07) is 0.632. The van der Waals surface area contributed by atoms with E-state index in [-0.39, 0.29) is 5.54 Å². The van der Waals surface area contributed by atoms with Crippen LogP contribution in [0.4, 0.5) is 0 Å². The van der Waals surface area contributed by atoms with Crippen LogP contribution in [-0.2, 0) is 0 Å². The third-order valence-electron chi connectivity index (χ3n) is 4.54. The molecule has 0 fully saturated rings. The fourth-order valence-corrected chi connectivity index (χ4v) is 2.94. The van der Waals surface area contributed by atoms with Gasteiger partial charge in [-0.05, 0) is 38.6 Å². The fraction of sp³-hybridized carbons (Fsp3) is 1.00. The van der Waals surface area contributed by atoms with Crippen molar-refractivity contribution in [2.45, 2.75) is 78.8 Å². The molecule has 0 rings (SSSR count). The Morgan fingerprint density at radius 3 is 1.94 bits per heavy atom. The summed E-state index contributed by atoms with van der Waals surface area (Å²) in [7, 11) is 0. The Bertz CT molecular complexity index is 187. The van der Waals surface area contributed by atoms with Crippen molar-refractivity contribution in [3.05, 3.63) is 0 Å². The van der Waals surface area contributed by atoms with Crippen LogP contribution in [0.3, 0.4) is 0 Å². The van der Waals surface area contributed by atoms with Gasteiger partial charge >= 0.3 is 0 Å². The number of rotatable bonds is 9. The SMILES string of the molecule is CCC(C)CC(CC)(CN)N(CC)C(C)CC. The summed E-state index contributed by atoms with van der Waals surface area (Å²) in [4.78, 5) is 2.64. The molecule has 0 spiro atoms. The molecule has 0 saturated carbocycles. The van der Waals surface area contributed by atoms with E-state index in [1.165, 1.54) is 19.3 Å². The second-order valence-corrected chi connectivity index (χ2v) is 5.54. The van der Waals surface area contributed by atoms with Crippen molar-refractivity contribution in [2.75, 3.05) is 13.1 Å². The Morgan fingerprint density at radius 2 is 1.65 bits per heavy atom. The van der Waals surface area contributed by atoms with E-state index in [2.05, 4.69) is 46.4 Å². The average molecular weight is 242 g/mol. The van der Waals surface area contributed by atoms with E-state index in [4.69, 9.17) is 5.73 Å². The lowest BCUT2D eigenvalue weighted by Gasteiger charge is -2.47. The molecule has 2 heteroatoms. The van der Waals surface area contributed by atoms with Crippen molar-refractivity contribution in [3.8, 4) is 0 Å². The summed E-state index contributed by atoms with van der Waals surface area (Å²) in [6.07, 6.45) is 4.84. The molecule has 2 N–H and O–H groups in total. The molecular formula is C15H34N2. The van der Waals surface area contributed by atoms with Crippen LogP contribution >= 0.6 is 0 Å². The topological polar surface area (TPSA) is 29.3 Å². The molecule has 2 nitrogen and oxygen atoms in total. The Balaban J connectivity index is 4.99. The molecule has 0 aromatic heterocycles. The minimum absolute atomic E-state index is 0.208. The van der Waals surface area contributed by atoms with Gasteiger partial charge < -0.3 is 5.73 Å². The maximum atomic E-state index is 6.15. The number of hydrogen-bond donors (Lipinski definition) is 1. The van der Waals surface area contributed by atoms with Crippen LogP contribution in [0.25, 0.3) is 0 Å². The van der Waals surface area contributed by atoms with Gasteiger partial charge in [0, 0.05) is 18.1 Å². The molecular weight excluding hydrogens is 208 g/mol. The maximum absolute atomic E-state index is 6.15. The molecule has 0 aliphatic rings. The highest BCUT2D eigenvalue weighted by atomic mass is 15.2. The van der Waals surface area contributed by atoms with E-state index < -0.39 is 0 Å². The van der Waals surface area contributed by atoms with Gasteiger partial charge in [0.05, 0.1) is 0 Å². The zero-order valence-corrected chi connectivity index (χ0v) is 12.9. The Hall–Kier alpha value is -0.0800. The largest absolute Gasteiger partial charge is 0.329 e. The summed E-state index contributed by atoms with van der Waals surface area (Å²) < 4.78 is 0. The second-order valence-electron chi connectivity index (χ2n) is 5.54. The standard InChI is InChI=1S/C15H34N2/c1-7-13(5)11-15(9-3,12-16)17(10-4)14(6)8-2/h13-14H,7-12,16H2,1-6H3. The Labute approximate surface area is 109 Å². The smallest absolute Gasteiger partial charge is 0.0334 e. The first kappa shape index (κ1) is 16.9. The molecule has 0 aromatic rings. The van der Waals surface area contributed by atoms with E-state index in [0.29, 0.717) is 6.04 Å². The van der Waals surface area contributed by atoms with Gasteiger partial charge in [-0.1, -0.05) is 41.0 Å². The molecule has 0 radical (unpaired) electrons. The van der Waals surface area contributed by atoms with Crippen LogP contribution in [-0.4, -0.2) is 29.6 Å². The molecule has 3 atom stereocenters. The Morgan fingerprint density at radius 1 is 1.06 bits per heavy atom. The maximum Gasteiger partial charge on any atom is 0.0334 e. The van der Waals surface area contributed by atoms with Crippen LogP contribution in [0.15, 0.2) is 0 Å². The number of likely N-dealkylation sites (N-methyl/N-ethyl adjacent to an activating group) is 1. The van der Waals surface area contributed by atoms with Crippen molar-refractivity contribution in [3.63, 3.8) is 0 Å². The average Bonchev–Trinajstić information content (AvgIpc) is 2.37. The normalized spacial score (nSPS) is 19.1. The van der Waals surface area contributed by atoms with Gasteiger partial charge in [0.2, 0.25) is 0 Å². The molecule has 0 bridgehead atoms. The van der Waals surface area contributed by atoms with Gasteiger partial charge in [0.15, 0.2) is 0 Å². The van der Waals surface area contributed by atoms with Crippen molar-refractivity contribution >= 4 is 0 Å². The quantitative estimate of drug-likeness (QED) is 0.669. The highest BCUT2D eigenvalue weighted by molar-refractivity contribution is 4.93. The monoisotopic (exact) mass is 242 g/mol. The van der Waals surface area contributed by atoms with Gasteiger partial charge in [-0.25, -0.2) is 0 Å². The first-order chi connectivity index (χ1) is 8.01. The van der Waals surface area contributed by atoms with Crippen LogP contribution in [0.1, 0.15) is 67.2 Å². The molecule has 0 amide bonds. The van der Waals surface area contributed by atoms with Crippen molar-refractivity contribution in [1.29, 1.82) is 0 Å². The summed E-state index contributed by atoms with van der Waals surface area (Å²) in [6.45, 7) is 15.7. The molecule has 0 heterocycles. The lowest BCUT2D eigenvalue weighted by atomic mass is 9.82. The zero-order chi connectivity index (χ0) is 13.5. The van der Waals surface area contributed by atoms with Crippen molar-refractivity contribution in [2.24, 2.45) is 11.7 Å². The summed E-state index contributed by atoms with van der Waals surface area (Å²) >= 11 is 0. The van der Waals surface area contributed by atoms with Gasteiger partial charge in [-0.15, -0.1) is 0 Å². The first-order valence-corrected chi connectivity index (χ1v) is 7.47. The van der Waals surface area contributed by atoms with Gasteiger partial charge in [-0.2, -0.15) is 0 Å². The van der Waals surface area contributed by atoms with Crippen LogP contribution in [0, 0.1) is 5.92 Å². The lowest BCUT2D eigenvalue weighted by molar-refractivity contribution is 0.0351. The van der Waals surface area contributed by atoms with E-state index in [1.807, 2.05) is 0 Å². The highest BCUT2D eigenvalue weighted by Crippen LogP contribution is 2.30. The van der Waals surface area contributed by atoms with E-state index in [0.717, 1.165) is 25.4 Å². The summed E-state index contributed by atoms with van der Waals surface area (Å²) in [5.74, 6) is 0.761. The number of nitrogens with two attached hydrogens (primary N) is 1. The minimum atomic E-state index is 0.208. The molecule has 0 aliphatic heterocycles. The molecule has 0 aromatic carbocycles. The molecule has 104 valence electrons. The predicted molar refractivity (Wildman–Crippen MR) is 78.3 cm³/mol. The molecule has 0 aliphatic carbocycles. The molecule has 17 heavy (non-hydrogen) atoms. The van der Waals surface area contributed by atoms with Gasteiger partial charge in [0.25, 0.3) is 0 Å². The van der Waals surface area contributed by atoms with E-state index >= 15 is 0 Å². The minimum Gasteiger partial charge on any atom is -0.329 e. The summed E-state index contributed by atoms with van der Waals surface area (Å²) in [5, 5.41) is 0. The fourth-order valence-electron chi connectivity index (χ4n) is 2.94. The van der Waals surface area contributed by atoms with Crippen LogP contribution in [0.5, 0.6) is 0 Å². The zero-order valence-electron chi connectivity index (χ0n) is 12.9. The van der Waals surface area contributed by atoms with Crippen LogP contribution < -0.4 is 5.73 Å². The van der Waals surface area contributed by atoms with E-state index in [1.54, 1.807) is 0 Å². The molecule has 0 saturated heterocycles. The number of hydrogen-bond acceptors (Lipinski definition) is 2. The van der Waals surface area contributed by atoms with Crippen LogP contribution in [0.2, 0.25) is 0 Å². The first-order valence-electron chi connectivity index (χ1n) is 7.47. The predicted octanol–water partition coefficient (Wildman–Crippen LogP) is 3.65. The van der Waals surface area contributed by atoms with E-state index in [9.17, 15) is 0 Å². The van der Waals surface area contributed by atoms with Gasteiger partial charge in [0.1, 0.15) is 0 Å². The lowest BCUT2D eigenvalue weighted by Crippen LogP contribution is -2.57. The molecule has 3 unspecified atom stereocenters. The third-order valence-corrected chi connectivity index (χ3v) is 4.54. The highest BCUT2D eigenvalue weighted by Gasteiger charge is 2.35. The number of nitrogens with zero attached hydrogens (tertiary/aromatic N) is 1. The Kier molecular flexibility index (Phi) is 8.06. The van der Waals surface area contributed by atoms with Crippen molar-refractivity contribution < 1.29 is 0 Å². The van der Waals surface area contributed by atoms with Gasteiger partial charge in [-0.3, -0.25) is 4.90 Å².